The Bertz CT molecular complexity index is 1140. The van der Waals surface area contributed by atoms with Crippen molar-refractivity contribution < 1.29 is 24.5 Å². The van der Waals surface area contributed by atoms with E-state index in [9.17, 15) is 14.7 Å². The van der Waals surface area contributed by atoms with E-state index in [4.69, 9.17) is 9.84 Å². The molecule has 0 spiro atoms. The Morgan fingerprint density at radius 2 is 1.90 bits per heavy atom. The van der Waals surface area contributed by atoms with E-state index in [0.29, 0.717) is 17.9 Å². The van der Waals surface area contributed by atoms with Crippen LogP contribution in [0.5, 0.6) is 5.75 Å². The summed E-state index contributed by atoms with van der Waals surface area (Å²) in [5, 5.41) is 18.8. The van der Waals surface area contributed by atoms with Gasteiger partial charge in [-0.1, -0.05) is 6.07 Å². The molecule has 0 aliphatic heterocycles. The number of aromatic hydroxyl groups is 1. The van der Waals surface area contributed by atoms with E-state index in [1.807, 2.05) is 30.5 Å². The third-order valence-electron chi connectivity index (χ3n) is 4.65. The molecule has 3 rings (SSSR count). The van der Waals surface area contributed by atoms with Gasteiger partial charge in [-0.2, -0.15) is 0 Å². The smallest absolute Gasteiger partial charge is 0.339 e. The average molecular weight is 406 g/mol. The van der Waals surface area contributed by atoms with Crippen molar-refractivity contribution in [3.63, 3.8) is 0 Å². The molecule has 0 unspecified atom stereocenters. The highest BCUT2D eigenvalue weighted by atomic mass is 16.5. The molecule has 2 N–H and O–H groups in total. The minimum Gasteiger partial charge on any atom is -0.507 e. The molecule has 0 bridgehead atoms. The normalized spacial score (nSPS) is 11.0. The third kappa shape index (κ3) is 4.25. The number of phenols is 1. The Kier molecular flexibility index (Phi) is 6.01. The van der Waals surface area contributed by atoms with Crippen LogP contribution in [0.15, 0.2) is 53.5 Å². The van der Waals surface area contributed by atoms with Gasteiger partial charge in [0.25, 0.3) is 0 Å². The fourth-order valence-electron chi connectivity index (χ4n) is 3.22. The van der Waals surface area contributed by atoms with Crippen LogP contribution in [0.2, 0.25) is 0 Å². The van der Waals surface area contributed by atoms with E-state index < -0.39 is 5.97 Å². The monoisotopic (exact) mass is 406 g/mol. The number of carboxylic acid groups (broad SMARTS) is 1. The standard InChI is InChI=1S/C23H22N2O5/c1-4-30-23(29)16-6-5-7-19(11-16)25-14(2)10-17(15(25)3)13-24-18-8-9-21(26)20(12-18)22(27)28/h5-13,26H,4H2,1-3H3,(H,27,28). The van der Waals surface area contributed by atoms with Crippen LogP contribution in [-0.2, 0) is 4.74 Å². The van der Waals surface area contributed by atoms with Crippen molar-refractivity contribution in [2.24, 2.45) is 4.99 Å². The quantitative estimate of drug-likeness (QED) is 0.466. The number of benzene rings is 2. The van der Waals surface area contributed by atoms with Gasteiger partial charge in [-0.15, -0.1) is 0 Å². The molecule has 154 valence electrons. The van der Waals surface area contributed by atoms with Crippen molar-refractivity contribution in [2.45, 2.75) is 20.8 Å². The van der Waals surface area contributed by atoms with Crippen molar-refractivity contribution in [3.8, 4) is 11.4 Å². The van der Waals surface area contributed by atoms with Crippen LogP contribution in [0.1, 0.15) is 44.6 Å². The van der Waals surface area contributed by atoms with Crippen LogP contribution < -0.4 is 0 Å². The average Bonchev–Trinajstić information content (AvgIpc) is 3.00. The van der Waals surface area contributed by atoms with Gasteiger partial charge in [-0.05, 0) is 63.2 Å². The maximum absolute atomic E-state index is 12.0. The largest absolute Gasteiger partial charge is 0.507 e. The summed E-state index contributed by atoms with van der Waals surface area (Å²) < 4.78 is 7.08. The number of aliphatic imine (C=N–C) groups is 1. The Labute approximate surface area is 173 Å². The van der Waals surface area contributed by atoms with E-state index in [0.717, 1.165) is 22.6 Å². The van der Waals surface area contributed by atoms with Gasteiger partial charge in [0.05, 0.1) is 17.9 Å². The summed E-state index contributed by atoms with van der Waals surface area (Å²) in [6, 6.07) is 13.3. The molecule has 1 aromatic heterocycles. The van der Waals surface area contributed by atoms with Crippen LogP contribution in [0.3, 0.4) is 0 Å². The highest BCUT2D eigenvalue weighted by Gasteiger charge is 2.13. The molecule has 0 amide bonds. The number of nitrogens with zero attached hydrogens (tertiary/aromatic N) is 2. The summed E-state index contributed by atoms with van der Waals surface area (Å²) in [7, 11) is 0. The number of ether oxygens (including phenoxy) is 1. The molecule has 3 aromatic rings. The lowest BCUT2D eigenvalue weighted by Crippen LogP contribution is -2.06. The second-order valence-corrected chi connectivity index (χ2v) is 6.70. The minimum absolute atomic E-state index is 0.203. The van der Waals surface area contributed by atoms with Crippen molar-refractivity contribution in [1.82, 2.24) is 4.57 Å². The van der Waals surface area contributed by atoms with Crippen LogP contribution in [0.25, 0.3) is 5.69 Å². The number of esters is 1. The predicted octanol–water partition coefficient (Wildman–Crippen LogP) is 4.43. The van der Waals surface area contributed by atoms with Gasteiger partial charge >= 0.3 is 11.9 Å². The summed E-state index contributed by atoms with van der Waals surface area (Å²) in [6.45, 7) is 5.96. The number of aromatic nitrogens is 1. The zero-order chi connectivity index (χ0) is 21.8. The van der Waals surface area contributed by atoms with Gasteiger partial charge in [0.15, 0.2) is 0 Å². The molecule has 0 radical (unpaired) electrons. The summed E-state index contributed by atoms with van der Waals surface area (Å²) in [6.07, 6.45) is 1.64. The summed E-state index contributed by atoms with van der Waals surface area (Å²) in [5.41, 5.74) is 4.22. The molecule has 0 aliphatic rings. The van der Waals surface area contributed by atoms with Crippen LogP contribution in [-0.4, -0.2) is 39.5 Å². The van der Waals surface area contributed by atoms with Gasteiger partial charge in [-0.3, -0.25) is 4.99 Å². The number of carbonyl (C=O) groups is 2. The lowest BCUT2D eigenvalue weighted by atomic mass is 10.2. The van der Waals surface area contributed by atoms with E-state index in [1.165, 1.54) is 12.1 Å². The molecule has 2 aromatic carbocycles. The van der Waals surface area contributed by atoms with Gasteiger partial charge in [0, 0.05) is 28.9 Å². The number of aryl methyl sites for hydroxylation is 1. The van der Waals surface area contributed by atoms with Crippen LogP contribution in [0.4, 0.5) is 5.69 Å². The molecule has 0 saturated heterocycles. The number of rotatable bonds is 6. The van der Waals surface area contributed by atoms with E-state index in [1.54, 1.807) is 37.4 Å². The van der Waals surface area contributed by atoms with Gasteiger partial charge in [0.2, 0.25) is 0 Å². The lowest BCUT2D eigenvalue weighted by molar-refractivity contribution is 0.0525. The molecule has 0 fully saturated rings. The van der Waals surface area contributed by atoms with E-state index in [-0.39, 0.29) is 17.3 Å². The zero-order valence-electron chi connectivity index (χ0n) is 16.9. The highest BCUT2D eigenvalue weighted by Crippen LogP contribution is 2.25. The minimum atomic E-state index is -1.22. The molecular formula is C23H22N2O5. The van der Waals surface area contributed by atoms with Crippen molar-refractivity contribution in [1.29, 1.82) is 0 Å². The number of hydrogen-bond acceptors (Lipinski definition) is 5. The summed E-state index contributed by atoms with van der Waals surface area (Å²) >= 11 is 0. The highest BCUT2D eigenvalue weighted by molar-refractivity contribution is 5.92. The Morgan fingerprint density at radius 3 is 2.60 bits per heavy atom. The van der Waals surface area contributed by atoms with Crippen molar-refractivity contribution in [2.75, 3.05) is 6.61 Å². The first-order chi connectivity index (χ1) is 14.3. The molecule has 7 heteroatoms. The van der Waals surface area contributed by atoms with Gasteiger partial charge in [0.1, 0.15) is 11.3 Å². The third-order valence-corrected chi connectivity index (χ3v) is 4.65. The summed E-state index contributed by atoms with van der Waals surface area (Å²) in [5.74, 6) is -1.89. The topological polar surface area (TPSA) is 101 Å². The molecule has 1 heterocycles. The molecule has 0 saturated carbocycles. The fraction of sp³-hybridized carbons (Fsp3) is 0.174. The molecule has 0 atom stereocenters. The molecule has 0 aliphatic carbocycles. The predicted molar refractivity (Wildman–Crippen MR) is 114 cm³/mol. The first-order valence-corrected chi connectivity index (χ1v) is 9.38. The first-order valence-electron chi connectivity index (χ1n) is 9.38. The Balaban J connectivity index is 1.94. The lowest BCUT2D eigenvalue weighted by Gasteiger charge is -2.11. The van der Waals surface area contributed by atoms with Gasteiger partial charge in [-0.25, -0.2) is 9.59 Å². The van der Waals surface area contributed by atoms with Crippen LogP contribution in [0, 0.1) is 13.8 Å². The first kappa shape index (κ1) is 20.9. The van der Waals surface area contributed by atoms with Crippen LogP contribution >= 0.6 is 0 Å². The number of aromatic carboxylic acids is 1. The molecule has 30 heavy (non-hydrogen) atoms. The van der Waals surface area contributed by atoms with E-state index >= 15 is 0 Å². The molecule has 7 nitrogen and oxygen atoms in total. The fourth-order valence-corrected chi connectivity index (χ4v) is 3.22. The summed E-state index contributed by atoms with van der Waals surface area (Å²) in [4.78, 5) is 27.6. The number of carboxylic acids is 1. The van der Waals surface area contributed by atoms with Crippen molar-refractivity contribution in [3.05, 3.63) is 76.6 Å². The Hall–Kier alpha value is -3.87. The SMILES string of the molecule is CCOC(=O)c1cccc(-n2c(C)cc(C=Nc3ccc(O)c(C(=O)O)c3)c2C)c1. The zero-order valence-corrected chi connectivity index (χ0v) is 16.9. The maximum Gasteiger partial charge on any atom is 0.339 e. The van der Waals surface area contributed by atoms with Gasteiger partial charge < -0.3 is 19.5 Å². The van der Waals surface area contributed by atoms with Crippen molar-refractivity contribution >= 4 is 23.8 Å². The Morgan fingerprint density at radius 1 is 1.13 bits per heavy atom. The second kappa shape index (κ2) is 8.65. The molecular weight excluding hydrogens is 384 g/mol. The van der Waals surface area contributed by atoms with E-state index in [2.05, 4.69) is 4.99 Å². The number of carbonyl (C=O) groups excluding carboxylic acids is 1. The maximum atomic E-state index is 12.0. The number of hydrogen-bond donors (Lipinski definition) is 2. The second-order valence-electron chi connectivity index (χ2n) is 6.70.